The van der Waals surface area contributed by atoms with Crippen molar-refractivity contribution in [3.63, 3.8) is 0 Å². The third-order valence-electron chi connectivity index (χ3n) is 2.65. The Labute approximate surface area is 104 Å². The van der Waals surface area contributed by atoms with E-state index < -0.39 is 11.2 Å². The van der Waals surface area contributed by atoms with Crippen LogP contribution in [0.25, 0.3) is 22.6 Å². The van der Waals surface area contributed by atoms with E-state index in [9.17, 15) is 19.8 Å². The zero-order chi connectivity index (χ0) is 13.6. The van der Waals surface area contributed by atoms with Crippen molar-refractivity contribution >= 4 is 11.2 Å². The molecule has 0 saturated heterocycles. The lowest BCUT2D eigenvalue weighted by atomic mass is 10.1. The summed E-state index contributed by atoms with van der Waals surface area (Å²) in [6.45, 7) is 0. The lowest BCUT2D eigenvalue weighted by Gasteiger charge is -2.02. The Morgan fingerprint density at radius 2 is 1.68 bits per heavy atom. The average Bonchev–Trinajstić information content (AvgIpc) is 2.72. The molecule has 1 aromatic carbocycles. The maximum absolute atomic E-state index is 11.5. The molecule has 3 aromatic rings. The van der Waals surface area contributed by atoms with Gasteiger partial charge in [-0.15, -0.1) is 0 Å². The number of aromatic nitrogens is 4. The van der Waals surface area contributed by atoms with E-state index in [1.165, 1.54) is 18.2 Å². The maximum atomic E-state index is 11.5. The van der Waals surface area contributed by atoms with Crippen LogP contribution in [0.1, 0.15) is 0 Å². The van der Waals surface area contributed by atoms with Crippen molar-refractivity contribution in [3.8, 4) is 22.9 Å². The van der Waals surface area contributed by atoms with Crippen LogP contribution in [-0.2, 0) is 0 Å². The molecule has 0 atom stereocenters. The van der Waals surface area contributed by atoms with E-state index in [4.69, 9.17) is 0 Å². The maximum Gasteiger partial charge on any atom is 0.327 e. The fourth-order valence-electron chi connectivity index (χ4n) is 1.82. The minimum absolute atomic E-state index is 0.0476. The quantitative estimate of drug-likeness (QED) is 0.420. The molecule has 0 radical (unpaired) electrons. The summed E-state index contributed by atoms with van der Waals surface area (Å²) in [6.07, 6.45) is 0. The van der Waals surface area contributed by atoms with Gasteiger partial charge in [0.1, 0.15) is 28.4 Å². The van der Waals surface area contributed by atoms with Crippen LogP contribution in [-0.4, -0.2) is 30.1 Å². The third kappa shape index (κ3) is 1.66. The van der Waals surface area contributed by atoms with Crippen molar-refractivity contribution in [3.05, 3.63) is 39.0 Å². The summed E-state index contributed by atoms with van der Waals surface area (Å²) < 4.78 is 0. The van der Waals surface area contributed by atoms with Crippen molar-refractivity contribution in [2.45, 2.75) is 0 Å². The van der Waals surface area contributed by atoms with E-state index in [-0.39, 0.29) is 34.1 Å². The van der Waals surface area contributed by atoms with E-state index >= 15 is 0 Å². The molecule has 8 nitrogen and oxygen atoms in total. The topological polar surface area (TPSA) is 135 Å². The molecule has 0 amide bonds. The molecule has 8 heteroatoms. The summed E-state index contributed by atoms with van der Waals surface area (Å²) in [5, 5.41) is 19.4. The zero-order valence-corrected chi connectivity index (χ0v) is 9.39. The highest BCUT2D eigenvalue weighted by atomic mass is 16.3. The summed E-state index contributed by atoms with van der Waals surface area (Å²) in [5.74, 6) is -0.311. The lowest BCUT2D eigenvalue weighted by Crippen LogP contribution is -2.21. The first-order chi connectivity index (χ1) is 9.06. The van der Waals surface area contributed by atoms with Gasteiger partial charge in [-0.25, -0.2) is 9.78 Å². The van der Waals surface area contributed by atoms with Crippen molar-refractivity contribution in [2.24, 2.45) is 0 Å². The van der Waals surface area contributed by atoms with Crippen LogP contribution >= 0.6 is 0 Å². The minimum Gasteiger partial charge on any atom is -0.507 e. The van der Waals surface area contributed by atoms with Gasteiger partial charge in [-0.3, -0.25) is 14.8 Å². The number of phenolic OH excluding ortho intramolecular Hbond substituents is 2. The average molecular weight is 260 g/mol. The molecule has 0 saturated carbocycles. The second-order valence-corrected chi connectivity index (χ2v) is 3.89. The first-order valence-corrected chi connectivity index (χ1v) is 5.30. The lowest BCUT2D eigenvalue weighted by molar-refractivity contribution is 0.453. The summed E-state index contributed by atoms with van der Waals surface area (Å²) >= 11 is 0. The van der Waals surface area contributed by atoms with E-state index in [1.807, 2.05) is 4.98 Å². The second kappa shape index (κ2) is 3.73. The number of hydrogen-bond donors (Lipinski definition) is 5. The van der Waals surface area contributed by atoms with Crippen molar-refractivity contribution in [1.82, 2.24) is 19.9 Å². The Morgan fingerprint density at radius 3 is 2.37 bits per heavy atom. The highest BCUT2D eigenvalue weighted by Crippen LogP contribution is 2.35. The third-order valence-corrected chi connectivity index (χ3v) is 2.65. The molecule has 2 aromatic heterocycles. The van der Waals surface area contributed by atoms with Crippen LogP contribution in [0.5, 0.6) is 11.5 Å². The van der Waals surface area contributed by atoms with Crippen LogP contribution < -0.4 is 11.2 Å². The van der Waals surface area contributed by atoms with Crippen molar-refractivity contribution in [1.29, 1.82) is 0 Å². The van der Waals surface area contributed by atoms with Gasteiger partial charge in [-0.2, -0.15) is 0 Å². The van der Waals surface area contributed by atoms with Gasteiger partial charge in [-0.05, 0) is 12.1 Å². The zero-order valence-electron chi connectivity index (χ0n) is 9.39. The molecule has 2 heterocycles. The van der Waals surface area contributed by atoms with Gasteiger partial charge in [0.05, 0.1) is 0 Å². The highest BCUT2D eigenvalue weighted by molar-refractivity contribution is 5.79. The largest absolute Gasteiger partial charge is 0.507 e. The van der Waals surface area contributed by atoms with Crippen LogP contribution in [0.2, 0.25) is 0 Å². The number of benzene rings is 1. The fraction of sp³-hybridized carbons (Fsp3) is 0. The second-order valence-electron chi connectivity index (χ2n) is 3.89. The molecule has 0 aliphatic heterocycles. The van der Waals surface area contributed by atoms with Gasteiger partial charge in [0.25, 0.3) is 5.56 Å². The number of hydrogen-bond acceptors (Lipinski definition) is 5. The number of rotatable bonds is 1. The van der Waals surface area contributed by atoms with Gasteiger partial charge in [0.15, 0.2) is 5.65 Å². The molecule has 0 unspecified atom stereocenters. The van der Waals surface area contributed by atoms with Crippen LogP contribution in [0.4, 0.5) is 0 Å². The predicted molar refractivity (Wildman–Crippen MR) is 66.1 cm³/mol. The Balaban J connectivity index is 2.36. The standard InChI is InChI=1S/C11H8N4O4/c16-4-2-1-3-5(17)6(4)8-12-7-9(13-8)14-11(19)15-10(7)18/h1-3,16-17H,(H3,12,13,14,15,18,19). The van der Waals surface area contributed by atoms with Crippen LogP contribution in [0.3, 0.4) is 0 Å². The molecule has 0 aliphatic rings. The molecule has 0 bridgehead atoms. The van der Waals surface area contributed by atoms with Gasteiger partial charge in [-0.1, -0.05) is 6.07 Å². The van der Waals surface area contributed by atoms with Crippen LogP contribution in [0.15, 0.2) is 27.8 Å². The first-order valence-electron chi connectivity index (χ1n) is 5.30. The Kier molecular flexibility index (Phi) is 2.18. The molecular weight excluding hydrogens is 252 g/mol. The number of phenols is 2. The van der Waals surface area contributed by atoms with E-state index in [0.29, 0.717) is 0 Å². The first kappa shape index (κ1) is 11.1. The smallest absolute Gasteiger partial charge is 0.327 e. The molecule has 19 heavy (non-hydrogen) atoms. The molecule has 5 N–H and O–H groups in total. The SMILES string of the molecule is O=c1[nH]c(=O)c2[nH]c(-c3c(O)cccc3O)nc2[nH]1. The number of fused-ring (bicyclic) bond motifs is 1. The Hall–Kier alpha value is -3.03. The van der Waals surface area contributed by atoms with Gasteiger partial charge in [0, 0.05) is 0 Å². The van der Waals surface area contributed by atoms with E-state index in [1.54, 1.807) is 0 Å². The van der Waals surface area contributed by atoms with Crippen molar-refractivity contribution < 1.29 is 10.2 Å². The monoisotopic (exact) mass is 260 g/mol. The normalized spacial score (nSPS) is 10.9. The molecule has 0 spiro atoms. The Bertz CT molecular complexity index is 869. The number of nitrogens with one attached hydrogen (secondary N) is 3. The van der Waals surface area contributed by atoms with E-state index in [0.717, 1.165) is 0 Å². The van der Waals surface area contributed by atoms with Gasteiger partial charge in [0.2, 0.25) is 0 Å². The minimum atomic E-state index is -0.683. The molecular formula is C11H8N4O4. The number of aromatic hydroxyl groups is 2. The molecule has 0 fully saturated rings. The van der Waals surface area contributed by atoms with Crippen LogP contribution in [0, 0.1) is 0 Å². The molecule has 3 rings (SSSR count). The van der Waals surface area contributed by atoms with Gasteiger partial charge >= 0.3 is 5.69 Å². The number of imidazole rings is 1. The highest BCUT2D eigenvalue weighted by Gasteiger charge is 2.15. The summed E-state index contributed by atoms with van der Waals surface area (Å²) in [7, 11) is 0. The Morgan fingerprint density at radius 1 is 1.00 bits per heavy atom. The summed E-state index contributed by atoms with van der Waals surface area (Å²) in [5.41, 5.74) is -1.16. The van der Waals surface area contributed by atoms with E-state index in [2.05, 4.69) is 15.0 Å². The fourth-order valence-corrected chi connectivity index (χ4v) is 1.82. The molecule has 0 aliphatic carbocycles. The van der Waals surface area contributed by atoms with Gasteiger partial charge < -0.3 is 15.2 Å². The molecule has 96 valence electrons. The summed E-state index contributed by atoms with van der Waals surface area (Å²) in [6, 6.07) is 4.20. The number of nitrogens with zero attached hydrogens (tertiary/aromatic N) is 1. The number of aromatic amines is 3. The van der Waals surface area contributed by atoms with Crippen molar-refractivity contribution in [2.75, 3.05) is 0 Å². The number of H-pyrrole nitrogens is 3. The summed E-state index contributed by atoms with van der Waals surface area (Å²) in [4.78, 5) is 33.7. The predicted octanol–water partition coefficient (Wildman–Crippen LogP) is 0.0177.